The lowest BCUT2D eigenvalue weighted by atomic mass is 10.1. The lowest BCUT2D eigenvalue weighted by Crippen LogP contribution is -2.27. The van der Waals surface area contributed by atoms with E-state index in [4.69, 9.17) is 16.3 Å². The third kappa shape index (κ3) is 5.57. The molecule has 0 heterocycles. The summed E-state index contributed by atoms with van der Waals surface area (Å²) < 4.78 is 31.8. The second kappa shape index (κ2) is 9.85. The number of hydrogen-bond acceptors (Lipinski definition) is 4. The van der Waals surface area contributed by atoms with Crippen molar-refractivity contribution in [3.8, 4) is 5.75 Å². The van der Waals surface area contributed by atoms with Crippen LogP contribution in [0.1, 0.15) is 15.9 Å². The van der Waals surface area contributed by atoms with Crippen molar-refractivity contribution >= 4 is 33.2 Å². The first-order valence-electron chi connectivity index (χ1n) is 9.57. The number of methoxy groups -OCH3 is 1. The maximum absolute atomic E-state index is 12.8. The number of ether oxygens (including phenoxy) is 1. The zero-order valence-corrected chi connectivity index (χ0v) is 18.8. The average Bonchev–Trinajstić information content (AvgIpc) is 2.79. The van der Waals surface area contributed by atoms with E-state index >= 15 is 0 Å². The minimum Gasteiger partial charge on any atom is -0.497 e. The fourth-order valence-electron chi connectivity index (χ4n) is 2.94. The molecule has 0 fully saturated rings. The van der Waals surface area contributed by atoms with E-state index < -0.39 is 10.0 Å². The second-order valence-electron chi connectivity index (χ2n) is 6.83. The first-order valence-corrected chi connectivity index (χ1v) is 11.4. The zero-order chi connectivity index (χ0) is 22.4. The third-order valence-electron chi connectivity index (χ3n) is 4.82. The molecular weight excluding hydrogens is 436 g/mol. The molecule has 6 nitrogen and oxygen atoms in total. The normalized spacial score (nSPS) is 11.1. The highest BCUT2D eigenvalue weighted by Gasteiger charge is 2.21. The van der Waals surface area contributed by atoms with Crippen LogP contribution in [0.4, 0.5) is 5.69 Å². The summed E-state index contributed by atoms with van der Waals surface area (Å²) in [7, 11) is -0.644. The number of carbonyl (C=O) groups is 1. The maximum atomic E-state index is 12.8. The molecule has 0 bridgehead atoms. The summed E-state index contributed by atoms with van der Waals surface area (Å²) in [6, 6.07) is 20.1. The van der Waals surface area contributed by atoms with E-state index in [9.17, 15) is 13.2 Å². The van der Waals surface area contributed by atoms with Gasteiger partial charge in [-0.3, -0.25) is 9.10 Å². The van der Waals surface area contributed by atoms with Crippen LogP contribution in [-0.2, 0) is 16.4 Å². The molecule has 1 amide bonds. The fourth-order valence-corrected chi connectivity index (χ4v) is 4.26. The molecule has 162 valence electrons. The van der Waals surface area contributed by atoms with Gasteiger partial charge in [0, 0.05) is 24.2 Å². The minimum absolute atomic E-state index is 0.139. The van der Waals surface area contributed by atoms with Crippen LogP contribution in [0.2, 0.25) is 5.02 Å². The molecule has 0 saturated carbocycles. The molecule has 0 saturated heterocycles. The summed E-state index contributed by atoms with van der Waals surface area (Å²) in [5, 5.41) is 3.33. The van der Waals surface area contributed by atoms with Crippen molar-refractivity contribution in [2.24, 2.45) is 0 Å². The SMILES string of the molecule is COc1ccc(CCNC(=O)c2ccc(N(C)S(=O)(=O)c3ccc(Cl)cc3)cc2)cc1. The Labute approximate surface area is 187 Å². The van der Waals surface area contributed by atoms with Gasteiger partial charge in [-0.25, -0.2) is 8.42 Å². The minimum atomic E-state index is -3.73. The van der Waals surface area contributed by atoms with E-state index in [1.807, 2.05) is 24.3 Å². The van der Waals surface area contributed by atoms with Gasteiger partial charge in [0.05, 0.1) is 17.7 Å². The first kappa shape index (κ1) is 22.7. The van der Waals surface area contributed by atoms with Gasteiger partial charge in [-0.15, -0.1) is 0 Å². The molecule has 0 atom stereocenters. The van der Waals surface area contributed by atoms with Crippen LogP contribution >= 0.6 is 11.6 Å². The highest BCUT2D eigenvalue weighted by Crippen LogP contribution is 2.23. The van der Waals surface area contributed by atoms with Crippen LogP contribution in [0.25, 0.3) is 0 Å². The molecular formula is C23H23ClN2O4S. The number of carbonyl (C=O) groups excluding carboxylic acids is 1. The molecule has 0 aromatic heterocycles. The zero-order valence-electron chi connectivity index (χ0n) is 17.2. The highest BCUT2D eigenvalue weighted by atomic mass is 35.5. The number of nitrogens with one attached hydrogen (secondary N) is 1. The lowest BCUT2D eigenvalue weighted by Gasteiger charge is -2.19. The predicted molar refractivity (Wildman–Crippen MR) is 123 cm³/mol. The second-order valence-corrected chi connectivity index (χ2v) is 9.23. The van der Waals surface area contributed by atoms with Crippen molar-refractivity contribution in [3.63, 3.8) is 0 Å². The number of hydrogen-bond donors (Lipinski definition) is 1. The number of sulfonamides is 1. The van der Waals surface area contributed by atoms with Gasteiger partial charge in [0.15, 0.2) is 0 Å². The summed E-state index contributed by atoms with van der Waals surface area (Å²) >= 11 is 5.84. The van der Waals surface area contributed by atoms with Gasteiger partial charge in [0.2, 0.25) is 0 Å². The molecule has 0 radical (unpaired) electrons. The van der Waals surface area contributed by atoms with Crippen LogP contribution in [0.5, 0.6) is 5.75 Å². The van der Waals surface area contributed by atoms with Crippen LogP contribution in [0.15, 0.2) is 77.7 Å². The first-order chi connectivity index (χ1) is 14.8. The third-order valence-corrected chi connectivity index (χ3v) is 6.88. The molecule has 0 aliphatic rings. The van der Waals surface area contributed by atoms with Gasteiger partial charge in [0.25, 0.3) is 15.9 Å². The standard InChI is InChI=1S/C23H23ClN2O4S/c1-26(31(28,29)22-13-7-19(24)8-14-22)20-9-5-18(6-10-20)23(27)25-16-15-17-3-11-21(30-2)12-4-17/h3-14H,15-16H2,1-2H3,(H,25,27). The number of halogens is 1. The Balaban J connectivity index is 1.60. The summed E-state index contributed by atoms with van der Waals surface area (Å²) in [6.45, 7) is 0.484. The Morgan fingerprint density at radius 2 is 1.58 bits per heavy atom. The van der Waals surface area contributed by atoms with Gasteiger partial charge >= 0.3 is 0 Å². The summed E-state index contributed by atoms with van der Waals surface area (Å²) in [4.78, 5) is 12.5. The van der Waals surface area contributed by atoms with Gasteiger partial charge in [-0.1, -0.05) is 23.7 Å². The van der Waals surface area contributed by atoms with E-state index in [0.717, 1.165) is 11.3 Å². The summed E-state index contributed by atoms with van der Waals surface area (Å²) in [5.41, 5.74) is 1.99. The quantitative estimate of drug-likeness (QED) is 0.550. The van der Waals surface area contributed by atoms with E-state index in [-0.39, 0.29) is 10.8 Å². The summed E-state index contributed by atoms with van der Waals surface area (Å²) in [5.74, 6) is 0.569. The lowest BCUT2D eigenvalue weighted by molar-refractivity contribution is 0.0954. The van der Waals surface area contributed by atoms with Crippen molar-refractivity contribution < 1.29 is 17.9 Å². The molecule has 0 spiro atoms. The Morgan fingerprint density at radius 3 is 2.16 bits per heavy atom. The smallest absolute Gasteiger partial charge is 0.264 e. The van der Waals surface area contributed by atoms with Crippen LogP contribution in [0.3, 0.4) is 0 Å². The van der Waals surface area contributed by atoms with Crippen molar-refractivity contribution in [3.05, 3.63) is 88.9 Å². The summed E-state index contributed by atoms with van der Waals surface area (Å²) in [6.07, 6.45) is 0.690. The molecule has 3 rings (SSSR count). The van der Waals surface area contributed by atoms with Crippen molar-refractivity contribution in [2.75, 3.05) is 25.0 Å². The van der Waals surface area contributed by atoms with Crippen molar-refractivity contribution in [2.45, 2.75) is 11.3 Å². The largest absolute Gasteiger partial charge is 0.497 e. The molecule has 0 unspecified atom stereocenters. The van der Waals surface area contributed by atoms with E-state index in [0.29, 0.717) is 29.2 Å². The number of benzene rings is 3. The topological polar surface area (TPSA) is 75.7 Å². The monoisotopic (exact) mass is 458 g/mol. The number of rotatable bonds is 8. The number of amides is 1. The van der Waals surface area contributed by atoms with E-state index in [1.165, 1.54) is 35.6 Å². The number of nitrogens with zero attached hydrogens (tertiary/aromatic N) is 1. The van der Waals surface area contributed by atoms with E-state index in [1.54, 1.807) is 31.4 Å². The molecule has 8 heteroatoms. The average molecular weight is 459 g/mol. The molecule has 31 heavy (non-hydrogen) atoms. The molecule has 3 aromatic rings. The van der Waals surface area contributed by atoms with Crippen molar-refractivity contribution in [1.29, 1.82) is 0 Å². The van der Waals surface area contributed by atoms with Gasteiger partial charge in [-0.05, 0) is 72.6 Å². The predicted octanol–water partition coefficient (Wildman–Crippen LogP) is 4.15. The Morgan fingerprint density at radius 1 is 0.968 bits per heavy atom. The Kier molecular flexibility index (Phi) is 7.20. The van der Waals surface area contributed by atoms with Gasteiger partial charge in [-0.2, -0.15) is 0 Å². The van der Waals surface area contributed by atoms with Crippen LogP contribution in [-0.4, -0.2) is 35.0 Å². The molecule has 0 aliphatic heterocycles. The van der Waals surface area contributed by atoms with Crippen molar-refractivity contribution in [1.82, 2.24) is 5.32 Å². The molecule has 0 aliphatic carbocycles. The van der Waals surface area contributed by atoms with Crippen LogP contribution < -0.4 is 14.4 Å². The van der Waals surface area contributed by atoms with Gasteiger partial charge < -0.3 is 10.1 Å². The number of anilines is 1. The Hall–Kier alpha value is -3.03. The maximum Gasteiger partial charge on any atom is 0.264 e. The Bertz CT molecular complexity index is 1130. The van der Waals surface area contributed by atoms with Crippen LogP contribution in [0, 0.1) is 0 Å². The fraction of sp³-hybridized carbons (Fsp3) is 0.174. The molecule has 1 N–H and O–H groups in total. The van der Waals surface area contributed by atoms with Gasteiger partial charge in [0.1, 0.15) is 5.75 Å². The van der Waals surface area contributed by atoms with E-state index in [2.05, 4.69) is 5.32 Å². The highest BCUT2D eigenvalue weighted by molar-refractivity contribution is 7.92. The molecule has 3 aromatic carbocycles.